The van der Waals surface area contributed by atoms with Crippen LogP contribution in [-0.4, -0.2) is 78.2 Å². The highest BCUT2D eigenvalue weighted by Gasteiger charge is 2.40. The van der Waals surface area contributed by atoms with Crippen LogP contribution in [0.3, 0.4) is 0 Å². The highest BCUT2D eigenvalue weighted by Crippen LogP contribution is 2.39. The molecule has 0 aromatic carbocycles. The van der Waals surface area contributed by atoms with Crippen LogP contribution in [0.1, 0.15) is 29.9 Å². The van der Waals surface area contributed by atoms with E-state index in [2.05, 4.69) is 35.7 Å². The molecule has 1 unspecified atom stereocenters. The van der Waals surface area contributed by atoms with Gasteiger partial charge in [-0.1, -0.05) is 5.16 Å². The van der Waals surface area contributed by atoms with E-state index >= 15 is 0 Å². The normalized spacial score (nSPS) is 19.5. The summed E-state index contributed by atoms with van der Waals surface area (Å²) in [6, 6.07) is 2.41. The SMILES string of the molecule is COCCNC1CC[C@H](Nc2ncc(C(F)(F)F)c(-c3c[nH]c4nc(-c5c(C)noc5C)ccc34)n2)[C@@H]1OS(C)(=O)=O. The number of hydrogen-bond donors (Lipinski definition) is 3. The Bertz CT molecular complexity index is 1670. The molecular weight excluding hydrogens is 579 g/mol. The van der Waals surface area contributed by atoms with Crippen LogP contribution < -0.4 is 10.6 Å². The number of aromatic amines is 1. The molecule has 4 aromatic rings. The Morgan fingerprint density at radius 2 is 1.93 bits per heavy atom. The number of rotatable bonds is 10. The number of pyridine rings is 1. The third kappa shape index (κ3) is 6.25. The first-order valence-electron chi connectivity index (χ1n) is 13.1. The van der Waals surface area contributed by atoms with Crippen molar-refractivity contribution in [3.05, 3.63) is 41.5 Å². The van der Waals surface area contributed by atoms with E-state index in [0.717, 1.165) is 6.26 Å². The predicted molar refractivity (Wildman–Crippen MR) is 147 cm³/mol. The quantitative estimate of drug-likeness (QED) is 0.177. The van der Waals surface area contributed by atoms with Crippen LogP contribution in [0.15, 0.2) is 29.0 Å². The summed E-state index contributed by atoms with van der Waals surface area (Å²) in [5.74, 6) is 0.468. The summed E-state index contributed by atoms with van der Waals surface area (Å²) in [7, 11) is -2.29. The molecular formula is C26H30F3N7O5S. The average molecular weight is 610 g/mol. The van der Waals surface area contributed by atoms with Gasteiger partial charge < -0.3 is 24.9 Å². The number of anilines is 1. The van der Waals surface area contributed by atoms with E-state index in [4.69, 9.17) is 13.4 Å². The van der Waals surface area contributed by atoms with Crippen LogP contribution in [-0.2, 0) is 25.2 Å². The molecule has 3 atom stereocenters. The Kier molecular flexibility index (Phi) is 8.24. The molecule has 0 aliphatic heterocycles. The summed E-state index contributed by atoms with van der Waals surface area (Å²) in [6.07, 6.45) is -1.49. The standard InChI is InChI=1S/C26H30F3N7O5S/c1-13-21(14(2)40-36-13)18-6-5-15-16(11-31-24(15)33-18)22-17(26(27,28)29)12-32-25(35-22)34-20-8-7-19(30-9-10-39-3)23(20)41-42(4,37)38/h5-6,11-12,19-20,23,30H,7-10H2,1-4H3,(H,31,33)(H,32,34,35)/t19?,20-,23+/m0/s1. The van der Waals surface area contributed by atoms with Crippen LogP contribution in [0.25, 0.3) is 33.5 Å². The topological polar surface area (TPSA) is 157 Å². The van der Waals surface area contributed by atoms with Crippen molar-refractivity contribution in [3.8, 4) is 22.5 Å². The zero-order valence-electron chi connectivity index (χ0n) is 23.2. The molecule has 42 heavy (non-hydrogen) atoms. The van der Waals surface area contributed by atoms with Gasteiger partial charge in [-0.25, -0.2) is 15.0 Å². The number of H-pyrrole nitrogens is 1. The number of alkyl halides is 3. The van der Waals surface area contributed by atoms with E-state index in [1.165, 1.54) is 6.20 Å². The Hall–Kier alpha value is -3.60. The molecule has 1 aliphatic carbocycles. The average Bonchev–Trinajstić information content (AvgIpc) is 3.59. The predicted octanol–water partition coefficient (Wildman–Crippen LogP) is 3.83. The Morgan fingerprint density at radius 1 is 1.17 bits per heavy atom. The third-order valence-electron chi connectivity index (χ3n) is 7.07. The van der Waals surface area contributed by atoms with Gasteiger partial charge in [-0.05, 0) is 38.8 Å². The zero-order valence-corrected chi connectivity index (χ0v) is 24.1. The van der Waals surface area contributed by atoms with Crippen LogP contribution >= 0.6 is 0 Å². The Labute approximate surface area is 239 Å². The second-order valence-electron chi connectivity index (χ2n) is 10.1. The number of ether oxygens (including phenoxy) is 1. The lowest BCUT2D eigenvalue weighted by atomic mass is 10.1. The van der Waals surface area contributed by atoms with E-state index in [-0.39, 0.29) is 23.2 Å². The lowest BCUT2D eigenvalue weighted by Crippen LogP contribution is -2.46. The van der Waals surface area contributed by atoms with Gasteiger partial charge in [0.25, 0.3) is 10.1 Å². The molecule has 1 fully saturated rings. The van der Waals surface area contributed by atoms with Gasteiger partial charge in [0.05, 0.1) is 41.5 Å². The van der Waals surface area contributed by atoms with E-state index in [1.807, 2.05) is 0 Å². The number of aryl methyl sites for hydroxylation is 2. The lowest BCUT2D eigenvalue weighted by Gasteiger charge is -2.25. The number of halogens is 3. The summed E-state index contributed by atoms with van der Waals surface area (Å²) >= 11 is 0. The summed E-state index contributed by atoms with van der Waals surface area (Å²) in [5, 5.41) is 10.6. The van der Waals surface area contributed by atoms with Gasteiger partial charge in [0, 0.05) is 43.0 Å². The van der Waals surface area contributed by atoms with Gasteiger partial charge in [0.2, 0.25) is 5.95 Å². The number of nitrogens with one attached hydrogen (secondary N) is 3. The number of nitrogens with zero attached hydrogens (tertiary/aromatic N) is 4. The van der Waals surface area contributed by atoms with Crippen molar-refractivity contribution in [1.29, 1.82) is 0 Å². The van der Waals surface area contributed by atoms with Gasteiger partial charge in [0.1, 0.15) is 23.1 Å². The van der Waals surface area contributed by atoms with Crippen molar-refractivity contribution in [1.82, 2.24) is 30.4 Å². The fraction of sp³-hybridized carbons (Fsp3) is 0.462. The molecule has 0 bridgehead atoms. The molecule has 0 amide bonds. The van der Waals surface area contributed by atoms with Crippen molar-refractivity contribution in [3.63, 3.8) is 0 Å². The smallest absolute Gasteiger partial charge is 0.383 e. The second kappa shape index (κ2) is 11.6. The molecule has 5 rings (SSSR count). The van der Waals surface area contributed by atoms with Gasteiger partial charge in [-0.2, -0.15) is 21.6 Å². The number of fused-ring (bicyclic) bond motifs is 1. The summed E-state index contributed by atoms with van der Waals surface area (Å²) in [6.45, 7) is 4.40. The molecule has 0 saturated heterocycles. The molecule has 0 radical (unpaired) electrons. The minimum absolute atomic E-state index is 0.0997. The van der Waals surface area contributed by atoms with Gasteiger partial charge >= 0.3 is 6.18 Å². The maximum atomic E-state index is 14.1. The first kappa shape index (κ1) is 29.9. The molecule has 4 aromatic heterocycles. The fourth-order valence-corrected chi connectivity index (χ4v) is 5.91. The molecule has 1 aliphatic rings. The lowest BCUT2D eigenvalue weighted by molar-refractivity contribution is -0.137. The largest absolute Gasteiger partial charge is 0.419 e. The highest BCUT2D eigenvalue weighted by molar-refractivity contribution is 7.86. The van der Waals surface area contributed by atoms with Crippen molar-refractivity contribution >= 4 is 27.1 Å². The van der Waals surface area contributed by atoms with Crippen LogP contribution in [0, 0.1) is 13.8 Å². The summed E-state index contributed by atoms with van der Waals surface area (Å²) in [4.78, 5) is 15.7. The number of methoxy groups -OCH3 is 1. The molecule has 3 N–H and O–H groups in total. The van der Waals surface area contributed by atoms with E-state index in [0.29, 0.717) is 65.9 Å². The highest BCUT2D eigenvalue weighted by atomic mass is 32.2. The first-order chi connectivity index (χ1) is 19.9. The summed E-state index contributed by atoms with van der Waals surface area (Å²) in [5.41, 5.74) is 1.04. The molecule has 12 nitrogen and oxygen atoms in total. The summed E-state index contributed by atoms with van der Waals surface area (Å²) < 4.78 is 82.0. The van der Waals surface area contributed by atoms with Crippen molar-refractivity contribution in [2.24, 2.45) is 0 Å². The van der Waals surface area contributed by atoms with Gasteiger partial charge in [-0.15, -0.1) is 0 Å². The maximum absolute atomic E-state index is 14.1. The zero-order chi connectivity index (χ0) is 30.2. The fourth-order valence-electron chi connectivity index (χ4n) is 5.24. The molecule has 0 spiro atoms. The minimum Gasteiger partial charge on any atom is -0.383 e. The minimum atomic E-state index is -4.74. The van der Waals surface area contributed by atoms with E-state index in [9.17, 15) is 21.6 Å². The first-order valence-corrected chi connectivity index (χ1v) is 14.9. The molecule has 226 valence electrons. The third-order valence-corrected chi connectivity index (χ3v) is 7.64. The van der Waals surface area contributed by atoms with Crippen molar-refractivity contribution in [2.45, 2.75) is 51.1 Å². The Balaban J connectivity index is 1.49. The van der Waals surface area contributed by atoms with Crippen molar-refractivity contribution < 1.29 is 35.0 Å². The molecule has 1 saturated carbocycles. The monoisotopic (exact) mass is 609 g/mol. The maximum Gasteiger partial charge on any atom is 0.419 e. The van der Waals surface area contributed by atoms with E-state index in [1.54, 1.807) is 33.1 Å². The molecule has 16 heteroatoms. The Morgan fingerprint density at radius 3 is 2.60 bits per heavy atom. The van der Waals surface area contributed by atoms with Gasteiger partial charge in [0.15, 0.2) is 0 Å². The van der Waals surface area contributed by atoms with Gasteiger partial charge in [-0.3, -0.25) is 4.18 Å². The number of aromatic nitrogens is 5. The van der Waals surface area contributed by atoms with Crippen LogP contribution in [0.2, 0.25) is 0 Å². The van der Waals surface area contributed by atoms with Crippen LogP contribution in [0.5, 0.6) is 0 Å². The van der Waals surface area contributed by atoms with Crippen molar-refractivity contribution in [2.75, 3.05) is 31.8 Å². The van der Waals surface area contributed by atoms with E-state index < -0.39 is 34.0 Å². The second-order valence-corrected chi connectivity index (χ2v) is 11.7. The number of hydrogen-bond acceptors (Lipinski definition) is 11. The van der Waals surface area contributed by atoms with Crippen LogP contribution in [0.4, 0.5) is 19.1 Å². The molecule has 4 heterocycles.